The van der Waals surface area contributed by atoms with Gasteiger partial charge < -0.3 is 0 Å². The van der Waals surface area contributed by atoms with Crippen molar-refractivity contribution in [2.24, 2.45) is 0 Å². The van der Waals surface area contributed by atoms with E-state index in [0.717, 1.165) is 12.1 Å². The fourth-order valence-electron chi connectivity index (χ4n) is 1.18. The summed E-state index contributed by atoms with van der Waals surface area (Å²) in [5.41, 5.74) is -2.63. The molecular weight excluding hydrogens is 266 g/mol. The van der Waals surface area contributed by atoms with E-state index in [1.54, 1.807) is 0 Å². The van der Waals surface area contributed by atoms with Crippen LogP contribution in [0.25, 0.3) is 0 Å². The third-order valence-electron chi connectivity index (χ3n) is 1.93. The average molecular weight is 270 g/mol. The lowest BCUT2D eigenvalue weighted by molar-refractivity contribution is -0.0908. The van der Waals surface area contributed by atoms with Gasteiger partial charge in [-0.15, -0.1) is 0 Å². The van der Waals surface area contributed by atoms with Gasteiger partial charge in [0.25, 0.3) is 11.6 Å². The van der Waals surface area contributed by atoms with Gasteiger partial charge in [0, 0.05) is 11.1 Å². The average Bonchev–Trinajstić information content (AvgIpc) is 2.24. The molecule has 0 saturated heterocycles. The summed E-state index contributed by atoms with van der Waals surface area (Å²) in [7, 11) is 0. The van der Waals surface area contributed by atoms with Crippen molar-refractivity contribution >= 4 is 11.6 Å². The van der Waals surface area contributed by atoms with Crippen LogP contribution in [0.3, 0.4) is 0 Å². The summed E-state index contributed by atoms with van der Waals surface area (Å²) >= 11 is 0. The van der Waals surface area contributed by atoms with E-state index in [4.69, 9.17) is 0 Å². The highest BCUT2D eigenvalue weighted by atomic mass is 19.4. The number of ketones is 2. The molecule has 0 atom stereocenters. The Morgan fingerprint density at radius 2 is 1.00 bits per heavy atom. The Labute approximate surface area is 96.2 Å². The normalized spacial score (nSPS) is 12.3. The first-order valence-electron chi connectivity index (χ1n) is 4.37. The number of benzene rings is 1. The van der Waals surface area contributed by atoms with Crippen LogP contribution in [-0.4, -0.2) is 23.9 Å². The highest BCUT2D eigenvalue weighted by Gasteiger charge is 2.45. The number of rotatable bonds is 2. The first-order chi connectivity index (χ1) is 8.05. The molecule has 8 heteroatoms. The van der Waals surface area contributed by atoms with Crippen molar-refractivity contribution in [3.63, 3.8) is 0 Å². The van der Waals surface area contributed by atoms with Gasteiger partial charge in [-0.25, -0.2) is 0 Å². The molecule has 0 spiro atoms. The van der Waals surface area contributed by atoms with Crippen LogP contribution in [0, 0.1) is 0 Å². The lowest BCUT2D eigenvalue weighted by Crippen LogP contribution is -2.29. The van der Waals surface area contributed by atoms with E-state index >= 15 is 0 Å². The van der Waals surface area contributed by atoms with E-state index in [-0.39, 0.29) is 0 Å². The Bertz CT molecular complexity index is 441. The maximum absolute atomic E-state index is 12.1. The number of halogens is 6. The number of Topliss-reactive ketones (excluding diaryl/α,β-unsaturated/α-hetero) is 2. The second-order valence-corrected chi connectivity index (χ2v) is 3.20. The third kappa shape index (κ3) is 2.88. The molecule has 18 heavy (non-hydrogen) atoms. The van der Waals surface area contributed by atoms with Crippen molar-refractivity contribution in [3.8, 4) is 0 Å². The molecule has 0 N–H and O–H groups in total. The SMILES string of the molecule is O=C(c1ccccc1C(=O)C(F)(F)F)C(F)(F)F. The minimum atomic E-state index is -5.35. The number of carbonyl (C=O) groups is 2. The van der Waals surface area contributed by atoms with Crippen LogP contribution in [0.2, 0.25) is 0 Å². The van der Waals surface area contributed by atoms with Crippen molar-refractivity contribution in [2.75, 3.05) is 0 Å². The van der Waals surface area contributed by atoms with Crippen LogP contribution in [0.15, 0.2) is 24.3 Å². The summed E-state index contributed by atoms with van der Waals surface area (Å²) in [4.78, 5) is 21.7. The van der Waals surface area contributed by atoms with Crippen molar-refractivity contribution < 1.29 is 35.9 Å². The maximum Gasteiger partial charge on any atom is 0.454 e. The molecule has 98 valence electrons. The van der Waals surface area contributed by atoms with Crippen LogP contribution in [-0.2, 0) is 0 Å². The van der Waals surface area contributed by atoms with Gasteiger partial charge in [-0.05, 0) is 0 Å². The van der Waals surface area contributed by atoms with E-state index in [0.29, 0.717) is 12.1 Å². The molecule has 0 aliphatic carbocycles. The van der Waals surface area contributed by atoms with Gasteiger partial charge in [-0.1, -0.05) is 24.3 Å². The molecule has 0 amide bonds. The fourth-order valence-corrected chi connectivity index (χ4v) is 1.18. The molecule has 0 aromatic heterocycles. The molecule has 0 bridgehead atoms. The van der Waals surface area contributed by atoms with Gasteiger partial charge in [0.2, 0.25) is 0 Å². The highest BCUT2D eigenvalue weighted by Crippen LogP contribution is 2.28. The Kier molecular flexibility index (Phi) is 3.50. The summed E-state index contributed by atoms with van der Waals surface area (Å²) in [6, 6.07) is 2.92. The zero-order chi connectivity index (χ0) is 14.1. The van der Waals surface area contributed by atoms with Crippen LogP contribution in [0.5, 0.6) is 0 Å². The number of carbonyl (C=O) groups excluding carboxylic acids is 2. The number of alkyl halides is 6. The van der Waals surface area contributed by atoms with Crippen molar-refractivity contribution in [1.82, 2.24) is 0 Å². The van der Waals surface area contributed by atoms with Gasteiger partial charge >= 0.3 is 12.4 Å². The number of hydrogen-bond acceptors (Lipinski definition) is 2. The van der Waals surface area contributed by atoms with Gasteiger partial charge in [0.1, 0.15) is 0 Å². The van der Waals surface area contributed by atoms with Gasteiger partial charge in [-0.2, -0.15) is 26.3 Å². The molecular formula is C10H4F6O2. The molecule has 1 aromatic rings. The molecule has 0 fully saturated rings. The first-order valence-corrected chi connectivity index (χ1v) is 4.37. The van der Waals surface area contributed by atoms with Crippen molar-refractivity contribution in [1.29, 1.82) is 0 Å². The number of hydrogen-bond donors (Lipinski definition) is 0. The molecule has 0 aliphatic rings. The van der Waals surface area contributed by atoms with Crippen LogP contribution < -0.4 is 0 Å². The Balaban J connectivity index is 3.33. The van der Waals surface area contributed by atoms with E-state index in [1.807, 2.05) is 0 Å². The lowest BCUT2D eigenvalue weighted by Gasteiger charge is -2.11. The minimum absolute atomic E-state index is 0.523. The molecule has 1 aromatic carbocycles. The predicted octanol–water partition coefficient (Wildman–Crippen LogP) is 3.18. The smallest absolute Gasteiger partial charge is 0.284 e. The van der Waals surface area contributed by atoms with E-state index < -0.39 is 35.0 Å². The molecule has 2 nitrogen and oxygen atoms in total. The maximum atomic E-state index is 12.1. The summed E-state index contributed by atoms with van der Waals surface area (Å²) in [5.74, 6) is -4.98. The predicted molar refractivity (Wildman–Crippen MR) is 47.2 cm³/mol. The molecule has 1 rings (SSSR count). The van der Waals surface area contributed by atoms with Crippen LogP contribution in [0.4, 0.5) is 26.3 Å². The van der Waals surface area contributed by atoms with E-state index in [9.17, 15) is 35.9 Å². The van der Waals surface area contributed by atoms with Crippen molar-refractivity contribution in [3.05, 3.63) is 35.4 Å². The summed E-state index contributed by atoms with van der Waals surface area (Å²) in [6.07, 6.45) is -10.7. The molecule has 0 unspecified atom stereocenters. The zero-order valence-corrected chi connectivity index (χ0v) is 8.39. The van der Waals surface area contributed by atoms with Gasteiger partial charge in [-0.3, -0.25) is 9.59 Å². The Morgan fingerprint density at radius 3 is 1.22 bits per heavy atom. The van der Waals surface area contributed by atoms with E-state index in [2.05, 4.69) is 0 Å². The van der Waals surface area contributed by atoms with Gasteiger partial charge in [0.05, 0.1) is 0 Å². The zero-order valence-electron chi connectivity index (χ0n) is 8.39. The highest BCUT2D eigenvalue weighted by molar-refractivity contribution is 6.12. The monoisotopic (exact) mass is 270 g/mol. The molecule has 0 radical (unpaired) electrons. The quantitative estimate of drug-likeness (QED) is 0.611. The summed E-state index contributed by atoms with van der Waals surface area (Å²) in [5, 5.41) is 0. The molecule has 0 saturated carbocycles. The fraction of sp³-hybridized carbons (Fsp3) is 0.200. The Hall–Kier alpha value is -1.86. The standard InChI is InChI=1S/C10H4F6O2/c11-9(12,13)7(17)5-3-1-2-4-6(5)8(18)10(14,15)16/h1-4H. The molecule has 0 aliphatic heterocycles. The van der Waals surface area contributed by atoms with Gasteiger partial charge in [0.15, 0.2) is 0 Å². The second-order valence-electron chi connectivity index (χ2n) is 3.20. The topological polar surface area (TPSA) is 34.1 Å². The minimum Gasteiger partial charge on any atom is -0.284 e. The second kappa shape index (κ2) is 4.43. The third-order valence-corrected chi connectivity index (χ3v) is 1.93. The van der Waals surface area contributed by atoms with E-state index in [1.165, 1.54) is 0 Å². The first kappa shape index (κ1) is 14.2. The lowest BCUT2D eigenvalue weighted by atomic mass is 9.99. The largest absolute Gasteiger partial charge is 0.454 e. The Morgan fingerprint density at radius 1 is 0.722 bits per heavy atom. The summed E-state index contributed by atoms with van der Waals surface area (Å²) in [6.45, 7) is 0. The van der Waals surface area contributed by atoms with Crippen molar-refractivity contribution in [2.45, 2.75) is 12.4 Å². The van der Waals surface area contributed by atoms with Crippen LogP contribution in [0.1, 0.15) is 20.7 Å². The summed E-state index contributed by atoms with van der Waals surface area (Å²) < 4.78 is 72.8. The van der Waals surface area contributed by atoms with Crippen LogP contribution >= 0.6 is 0 Å². The molecule has 0 heterocycles.